The first-order valence-electron chi connectivity index (χ1n) is 7.53. The zero-order chi connectivity index (χ0) is 15.6. The molecule has 6 nitrogen and oxygen atoms in total. The third-order valence-corrected chi connectivity index (χ3v) is 3.68. The molecule has 2 N–H and O–H groups in total. The van der Waals surface area contributed by atoms with Gasteiger partial charge in [-0.05, 0) is 43.2 Å². The van der Waals surface area contributed by atoms with Crippen LogP contribution in [0.4, 0.5) is 11.5 Å². The summed E-state index contributed by atoms with van der Waals surface area (Å²) >= 11 is 0. The van der Waals surface area contributed by atoms with Gasteiger partial charge in [0.25, 0.3) is 5.91 Å². The molecule has 1 aliphatic rings. The summed E-state index contributed by atoms with van der Waals surface area (Å²) in [6.07, 6.45) is 7.23. The van der Waals surface area contributed by atoms with Crippen molar-refractivity contribution in [2.24, 2.45) is 0 Å². The number of nitrogens with one attached hydrogen (secondary N) is 2. The minimum Gasteiger partial charge on any atom is -0.367 e. The van der Waals surface area contributed by atoms with Crippen LogP contribution in [0.25, 0.3) is 11.0 Å². The Morgan fingerprint density at radius 1 is 1.00 bits per heavy atom. The third kappa shape index (κ3) is 3.11. The Labute approximate surface area is 133 Å². The molecule has 1 aromatic carbocycles. The molecule has 0 unspecified atom stereocenters. The molecule has 1 saturated carbocycles. The molecule has 0 aliphatic heterocycles. The molecule has 114 valence electrons. The first-order valence-corrected chi connectivity index (χ1v) is 7.53. The summed E-state index contributed by atoms with van der Waals surface area (Å²) in [4.78, 5) is 25.0. The molecule has 1 aliphatic carbocycles. The van der Waals surface area contributed by atoms with Gasteiger partial charge in [-0.2, -0.15) is 0 Å². The number of carbonyl (C=O) groups is 1. The van der Waals surface area contributed by atoms with E-state index >= 15 is 0 Å². The molecule has 2 aromatic heterocycles. The molecule has 1 amide bonds. The van der Waals surface area contributed by atoms with E-state index in [2.05, 4.69) is 25.6 Å². The maximum atomic E-state index is 12.3. The minimum atomic E-state index is -0.196. The largest absolute Gasteiger partial charge is 0.367 e. The summed E-state index contributed by atoms with van der Waals surface area (Å²) < 4.78 is 0. The highest BCUT2D eigenvalue weighted by molar-refractivity contribution is 6.04. The molecule has 0 bridgehead atoms. The lowest BCUT2D eigenvalue weighted by Crippen LogP contribution is -2.12. The van der Waals surface area contributed by atoms with Crippen LogP contribution >= 0.6 is 0 Å². The monoisotopic (exact) mass is 305 g/mol. The number of fused-ring (bicyclic) bond motifs is 1. The van der Waals surface area contributed by atoms with E-state index in [4.69, 9.17) is 0 Å². The number of rotatable bonds is 4. The highest BCUT2D eigenvalue weighted by Crippen LogP contribution is 2.23. The van der Waals surface area contributed by atoms with Crippen molar-refractivity contribution in [1.29, 1.82) is 0 Å². The number of aromatic nitrogens is 3. The summed E-state index contributed by atoms with van der Waals surface area (Å²) in [7, 11) is 0. The van der Waals surface area contributed by atoms with Gasteiger partial charge in [0.15, 0.2) is 0 Å². The predicted octanol–water partition coefficient (Wildman–Crippen LogP) is 2.85. The Morgan fingerprint density at radius 3 is 2.57 bits per heavy atom. The predicted molar refractivity (Wildman–Crippen MR) is 88.4 cm³/mol. The topological polar surface area (TPSA) is 79.8 Å². The van der Waals surface area contributed by atoms with Gasteiger partial charge in [-0.3, -0.25) is 14.8 Å². The lowest BCUT2D eigenvalue weighted by molar-refractivity contribution is 0.102. The Kier molecular flexibility index (Phi) is 3.34. The molecule has 23 heavy (non-hydrogen) atoms. The van der Waals surface area contributed by atoms with Crippen LogP contribution in [-0.4, -0.2) is 26.9 Å². The lowest BCUT2D eigenvalue weighted by Gasteiger charge is -2.07. The van der Waals surface area contributed by atoms with Crippen LogP contribution in [0.15, 0.2) is 48.9 Å². The molecular weight excluding hydrogens is 290 g/mol. The number of hydrogen-bond acceptors (Lipinski definition) is 5. The lowest BCUT2D eigenvalue weighted by atomic mass is 10.2. The zero-order valence-corrected chi connectivity index (χ0v) is 12.4. The number of amides is 1. The van der Waals surface area contributed by atoms with Gasteiger partial charge in [-0.15, -0.1) is 0 Å². The fourth-order valence-electron chi connectivity index (χ4n) is 2.29. The Hall–Kier alpha value is -3.02. The van der Waals surface area contributed by atoms with E-state index in [1.54, 1.807) is 30.7 Å². The summed E-state index contributed by atoms with van der Waals surface area (Å²) in [6, 6.07) is 9.59. The van der Waals surface area contributed by atoms with Crippen LogP contribution in [0.2, 0.25) is 0 Å². The van der Waals surface area contributed by atoms with Gasteiger partial charge >= 0.3 is 0 Å². The number of anilines is 2. The molecule has 0 atom stereocenters. The Bertz CT molecular complexity index is 858. The molecule has 2 heterocycles. The Balaban J connectivity index is 1.49. The van der Waals surface area contributed by atoms with Crippen molar-refractivity contribution in [3.05, 3.63) is 54.5 Å². The van der Waals surface area contributed by atoms with Gasteiger partial charge in [0, 0.05) is 30.3 Å². The van der Waals surface area contributed by atoms with Crippen LogP contribution < -0.4 is 10.6 Å². The highest BCUT2D eigenvalue weighted by atomic mass is 16.1. The first kappa shape index (κ1) is 13.6. The van der Waals surface area contributed by atoms with Crippen molar-refractivity contribution in [2.45, 2.75) is 18.9 Å². The second kappa shape index (κ2) is 5.64. The smallest absolute Gasteiger partial charge is 0.257 e. The molecular formula is C17H15N5O. The van der Waals surface area contributed by atoms with Gasteiger partial charge in [0.2, 0.25) is 0 Å². The summed E-state index contributed by atoms with van der Waals surface area (Å²) in [5.74, 6) is 0.615. The van der Waals surface area contributed by atoms with Crippen LogP contribution in [0.1, 0.15) is 23.2 Å². The Morgan fingerprint density at radius 2 is 1.83 bits per heavy atom. The molecule has 0 radical (unpaired) electrons. The summed E-state index contributed by atoms with van der Waals surface area (Å²) in [6.45, 7) is 0. The SMILES string of the molecule is O=C(Nc1ccc2nccnc2c1)c1ccc(NC2CC2)nc1. The van der Waals surface area contributed by atoms with Crippen LogP contribution in [0.5, 0.6) is 0 Å². The van der Waals surface area contributed by atoms with E-state index in [-0.39, 0.29) is 5.91 Å². The quantitative estimate of drug-likeness (QED) is 0.775. The molecule has 0 saturated heterocycles. The van der Waals surface area contributed by atoms with Crippen LogP contribution in [0, 0.1) is 0 Å². The second-order valence-corrected chi connectivity index (χ2v) is 5.56. The van der Waals surface area contributed by atoms with Crippen molar-refractivity contribution in [2.75, 3.05) is 10.6 Å². The van der Waals surface area contributed by atoms with Crippen molar-refractivity contribution < 1.29 is 4.79 Å². The fraction of sp³-hybridized carbons (Fsp3) is 0.176. The van der Waals surface area contributed by atoms with Crippen LogP contribution in [-0.2, 0) is 0 Å². The van der Waals surface area contributed by atoms with E-state index in [0.29, 0.717) is 17.3 Å². The highest BCUT2D eigenvalue weighted by Gasteiger charge is 2.21. The molecule has 6 heteroatoms. The van der Waals surface area contributed by atoms with E-state index in [0.717, 1.165) is 16.9 Å². The second-order valence-electron chi connectivity index (χ2n) is 5.56. The number of hydrogen-bond donors (Lipinski definition) is 2. The summed E-state index contributed by atoms with van der Waals surface area (Å²) in [5.41, 5.74) is 2.74. The van der Waals surface area contributed by atoms with Crippen molar-refractivity contribution in [1.82, 2.24) is 15.0 Å². The maximum Gasteiger partial charge on any atom is 0.257 e. The minimum absolute atomic E-state index is 0.196. The van der Waals surface area contributed by atoms with E-state index in [1.807, 2.05) is 18.2 Å². The van der Waals surface area contributed by atoms with Gasteiger partial charge in [-0.1, -0.05) is 0 Å². The van der Waals surface area contributed by atoms with Crippen molar-refractivity contribution >= 4 is 28.4 Å². The number of nitrogens with zero attached hydrogens (tertiary/aromatic N) is 3. The van der Waals surface area contributed by atoms with Crippen LogP contribution in [0.3, 0.4) is 0 Å². The number of carbonyl (C=O) groups excluding carboxylic acids is 1. The van der Waals surface area contributed by atoms with Gasteiger partial charge in [0.1, 0.15) is 5.82 Å². The van der Waals surface area contributed by atoms with E-state index < -0.39 is 0 Å². The van der Waals surface area contributed by atoms with Crippen molar-refractivity contribution in [3.63, 3.8) is 0 Å². The zero-order valence-electron chi connectivity index (χ0n) is 12.4. The average Bonchev–Trinajstić information content (AvgIpc) is 3.39. The molecule has 4 rings (SSSR count). The number of benzene rings is 1. The van der Waals surface area contributed by atoms with Gasteiger partial charge in [0.05, 0.1) is 16.6 Å². The van der Waals surface area contributed by atoms with Gasteiger partial charge in [-0.25, -0.2) is 4.98 Å². The maximum absolute atomic E-state index is 12.3. The first-order chi connectivity index (χ1) is 11.3. The van der Waals surface area contributed by atoms with E-state index in [1.165, 1.54) is 12.8 Å². The summed E-state index contributed by atoms with van der Waals surface area (Å²) in [5, 5.41) is 6.15. The fourth-order valence-corrected chi connectivity index (χ4v) is 2.29. The standard InChI is InChI=1S/C17H15N5O/c23-17(11-1-6-16(20-10-11)21-12-2-3-12)22-13-4-5-14-15(9-13)19-8-7-18-14/h1,4-10,12H,2-3H2,(H,20,21)(H,22,23). The third-order valence-electron chi connectivity index (χ3n) is 3.68. The normalized spacial score (nSPS) is 13.7. The van der Waals surface area contributed by atoms with Gasteiger partial charge < -0.3 is 10.6 Å². The molecule has 3 aromatic rings. The average molecular weight is 305 g/mol. The number of pyridine rings is 1. The van der Waals surface area contributed by atoms with Crippen molar-refractivity contribution in [3.8, 4) is 0 Å². The van der Waals surface area contributed by atoms with E-state index in [9.17, 15) is 4.79 Å². The molecule has 0 spiro atoms. The molecule has 1 fully saturated rings.